The number of fused-ring (bicyclic) bond motifs is 3. The van der Waals surface area contributed by atoms with Crippen molar-refractivity contribution >= 4 is 35.2 Å². The van der Waals surface area contributed by atoms with Crippen molar-refractivity contribution in [2.75, 3.05) is 31.1 Å². The fourth-order valence-electron chi connectivity index (χ4n) is 4.20. The van der Waals surface area contributed by atoms with Crippen LogP contribution in [-0.4, -0.2) is 57.7 Å². The maximum Gasteiger partial charge on any atom is 0.341 e. The average Bonchev–Trinajstić information content (AvgIpc) is 3.39. The van der Waals surface area contributed by atoms with Crippen molar-refractivity contribution in [2.24, 2.45) is 0 Å². The highest BCUT2D eigenvalue weighted by molar-refractivity contribution is 5.92. The summed E-state index contributed by atoms with van der Waals surface area (Å²) in [6, 6.07) is 1.54. The lowest BCUT2D eigenvalue weighted by Crippen LogP contribution is -2.47. The molecule has 9 heteroatoms. The number of hydrogen-bond acceptors (Lipinski definition) is 5. The molecule has 0 aromatic carbocycles. The lowest BCUT2D eigenvalue weighted by molar-refractivity contribution is 0.0695. The smallest absolute Gasteiger partial charge is 0.341 e. The maximum absolute atomic E-state index is 14.9. The number of rotatable bonds is 3. The number of halogens is 2. The monoisotopic (exact) mass is 394 g/mol. The lowest BCUT2D eigenvalue weighted by Gasteiger charge is -2.35. The summed E-state index contributed by atoms with van der Waals surface area (Å²) in [7, 11) is 0. The molecule has 0 radical (unpaired) electrons. The van der Waals surface area contributed by atoms with Gasteiger partial charge >= 0.3 is 5.97 Å². The summed E-state index contributed by atoms with van der Waals surface area (Å²) in [5.74, 6) is -1.57. The average molecular weight is 395 g/mol. The first kappa shape index (κ1) is 18.2. The van der Waals surface area contributed by atoms with Gasteiger partial charge in [0.1, 0.15) is 11.2 Å². The second-order valence-electron chi connectivity index (χ2n) is 7.42. The largest absolute Gasteiger partial charge is 0.477 e. The Bertz CT molecular complexity index is 991. The van der Waals surface area contributed by atoms with E-state index in [-0.39, 0.29) is 41.3 Å². The molecule has 144 valence electrons. The van der Waals surface area contributed by atoms with E-state index in [4.69, 9.17) is 0 Å². The van der Waals surface area contributed by atoms with Crippen LogP contribution in [0.3, 0.4) is 0 Å². The molecule has 3 fully saturated rings. The Morgan fingerprint density at radius 1 is 1.19 bits per heavy atom. The molecule has 1 saturated carbocycles. The van der Waals surface area contributed by atoms with Crippen LogP contribution in [0.2, 0.25) is 0 Å². The van der Waals surface area contributed by atoms with Crippen LogP contribution in [0.15, 0.2) is 17.1 Å². The molecule has 1 N–H and O–H groups in total. The van der Waals surface area contributed by atoms with E-state index in [9.17, 15) is 19.1 Å². The third-order valence-corrected chi connectivity index (χ3v) is 5.73. The summed E-state index contributed by atoms with van der Waals surface area (Å²) in [5.41, 5.74) is -0.616. The number of piperazine rings is 1. The first-order valence-corrected chi connectivity index (χ1v) is 9.00. The van der Waals surface area contributed by atoms with E-state index in [0.717, 1.165) is 38.9 Å². The molecular formula is C18H20ClFN4O3. The van der Waals surface area contributed by atoms with E-state index in [2.05, 4.69) is 9.88 Å². The van der Waals surface area contributed by atoms with Gasteiger partial charge in [0.2, 0.25) is 5.43 Å². The number of anilines is 1. The number of carbonyl (C=O) groups is 1. The van der Waals surface area contributed by atoms with Crippen LogP contribution >= 0.6 is 12.4 Å². The fourth-order valence-corrected chi connectivity index (χ4v) is 4.20. The van der Waals surface area contributed by atoms with Crippen molar-refractivity contribution in [3.63, 3.8) is 0 Å². The van der Waals surface area contributed by atoms with Gasteiger partial charge in [-0.2, -0.15) is 0 Å². The second-order valence-corrected chi connectivity index (χ2v) is 7.42. The van der Waals surface area contributed by atoms with Crippen LogP contribution in [-0.2, 0) is 0 Å². The van der Waals surface area contributed by atoms with Gasteiger partial charge < -0.3 is 14.6 Å². The topological polar surface area (TPSA) is 78.7 Å². The summed E-state index contributed by atoms with van der Waals surface area (Å²) in [5, 5.41) is 9.35. The summed E-state index contributed by atoms with van der Waals surface area (Å²) >= 11 is 0. The van der Waals surface area contributed by atoms with Crippen molar-refractivity contribution in [2.45, 2.75) is 31.3 Å². The molecule has 4 heterocycles. The standard InChI is InChI=1S/C18H19FN4O3.ClH/c19-14-7-12-15(24)13(18(25)26)9-23(10-1-2-10)16(12)20-17(14)22-6-5-21-4-3-11(22)8-21;/h7,9-11H,1-6,8H2,(H,25,26);1H. The van der Waals surface area contributed by atoms with Gasteiger partial charge in [0.15, 0.2) is 11.6 Å². The van der Waals surface area contributed by atoms with Crippen LogP contribution in [0.5, 0.6) is 0 Å². The van der Waals surface area contributed by atoms with E-state index in [1.807, 2.05) is 4.90 Å². The van der Waals surface area contributed by atoms with Crippen LogP contribution in [0.25, 0.3) is 11.0 Å². The van der Waals surface area contributed by atoms with Gasteiger partial charge in [-0.1, -0.05) is 0 Å². The van der Waals surface area contributed by atoms with Crippen LogP contribution < -0.4 is 10.3 Å². The Morgan fingerprint density at radius 3 is 2.67 bits per heavy atom. The number of aromatic nitrogens is 2. The Labute approximate surface area is 160 Å². The maximum atomic E-state index is 14.9. The van der Waals surface area contributed by atoms with Crippen molar-refractivity contribution in [3.8, 4) is 0 Å². The van der Waals surface area contributed by atoms with E-state index in [1.165, 1.54) is 12.3 Å². The normalized spacial score (nSPS) is 24.1. The summed E-state index contributed by atoms with van der Waals surface area (Å²) < 4.78 is 16.6. The zero-order chi connectivity index (χ0) is 18.0. The molecule has 1 aliphatic carbocycles. The molecule has 0 spiro atoms. The number of pyridine rings is 2. The van der Waals surface area contributed by atoms with Crippen molar-refractivity contribution in [1.29, 1.82) is 0 Å². The molecule has 3 aliphatic rings. The minimum absolute atomic E-state index is 0. The number of nitrogens with zero attached hydrogens (tertiary/aromatic N) is 4. The predicted octanol–water partition coefficient (Wildman–Crippen LogP) is 1.88. The van der Waals surface area contributed by atoms with Gasteiger partial charge in [-0.15, -0.1) is 12.4 Å². The zero-order valence-corrected chi connectivity index (χ0v) is 15.4. The van der Waals surface area contributed by atoms with E-state index in [1.54, 1.807) is 4.57 Å². The quantitative estimate of drug-likeness (QED) is 0.856. The number of hydrogen-bond donors (Lipinski definition) is 1. The highest BCUT2D eigenvalue weighted by Crippen LogP contribution is 2.37. The third kappa shape index (κ3) is 2.87. The van der Waals surface area contributed by atoms with E-state index >= 15 is 0 Å². The van der Waals surface area contributed by atoms with E-state index < -0.39 is 17.2 Å². The molecule has 27 heavy (non-hydrogen) atoms. The summed E-state index contributed by atoms with van der Waals surface area (Å²) in [4.78, 5) is 32.8. The minimum atomic E-state index is -1.29. The summed E-state index contributed by atoms with van der Waals surface area (Å²) in [6.07, 6.45) is 4.17. The molecular weight excluding hydrogens is 375 g/mol. The number of carboxylic acids is 1. The molecule has 2 aromatic heterocycles. The first-order chi connectivity index (χ1) is 12.5. The first-order valence-electron chi connectivity index (χ1n) is 9.00. The van der Waals surface area contributed by atoms with Gasteiger partial charge in [-0.05, 0) is 25.3 Å². The molecule has 7 nitrogen and oxygen atoms in total. The van der Waals surface area contributed by atoms with Crippen molar-refractivity contribution < 1.29 is 14.3 Å². The number of aromatic carboxylic acids is 1. The molecule has 2 aliphatic heterocycles. The highest BCUT2D eigenvalue weighted by Gasteiger charge is 2.35. The van der Waals surface area contributed by atoms with Gasteiger partial charge in [0.25, 0.3) is 0 Å². The molecule has 2 aromatic rings. The van der Waals surface area contributed by atoms with Gasteiger partial charge in [0, 0.05) is 44.5 Å². The van der Waals surface area contributed by atoms with Gasteiger partial charge in [-0.25, -0.2) is 14.2 Å². The Morgan fingerprint density at radius 2 is 1.96 bits per heavy atom. The van der Waals surface area contributed by atoms with Crippen LogP contribution in [0.1, 0.15) is 35.7 Å². The van der Waals surface area contributed by atoms with Gasteiger partial charge in [-0.3, -0.25) is 9.69 Å². The highest BCUT2D eigenvalue weighted by atomic mass is 35.5. The number of carboxylic acid groups (broad SMARTS) is 1. The van der Waals surface area contributed by atoms with Crippen LogP contribution in [0.4, 0.5) is 10.2 Å². The van der Waals surface area contributed by atoms with Gasteiger partial charge in [0.05, 0.1) is 5.39 Å². The summed E-state index contributed by atoms with van der Waals surface area (Å²) in [6.45, 7) is 3.52. The molecule has 0 amide bonds. The molecule has 2 atom stereocenters. The zero-order valence-electron chi connectivity index (χ0n) is 14.6. The molecule has 5 rings (SSSR count). The predicted molar refractivity (Wildman–Crippen MR) is 101 cm³/mol. The Kier molecular flexibility index (Phi) is 4.35. The second kappa shape index (κ2) is 6.45. The Hall–Kier alpha value is -2.19. The fraction of sp³-hybridized carbons (Fsp3) is 0.500. The lowest BCUT2D eigenvalue weighted by atomic mass is 10.1. The minimum Gasteiger partial charge on any atom is -0.477 e. The van der Waals surface area contributed by atoms with Crippen LogP contribution in [0, 0.1) is 5.82 Å². The third-order valence-electron chi connectivity index (χ3n) is 5.73. The van der Waals surface area contributed by atoms with E-state index in [0.29, 0.717) is 12.2 Å². The molecule has 2 unspecified atom stereocenters. The molecule has 2 saturated heterocycles. The Balaban J connectivity index is 0.00000180. The van der Waals surface area contributed by atoms with Crippen molar-refractivity contribution in [1.82, 2.24) is 14.5 Å². The SMILES string of the molecule is Cl.O=C(O)c1cn(C2CC2)c2nc(N3CCN4CCC3C4)c(F)cc2c1=O. The van der Waals surface area contributed by atoms with Crippen molar-refractivity contribution in [3.05, 3.63) is 33.9 Å². The molecule has 2 bridgehead atoms.